The maximum Gasteiger partial charge on any atom is 0.308 e. The fraction of sp³-hybridized carbons (Fsp3) is 0.833. The fourth-order valence-electron chi connectivity index (χ4n) is 2.01. The molecule has 2 N–H and O–H groups in total. The smallest absolute Gasteiger partial charge is 0.308 e. The Balaban J connectivity index is 2.67. The van der Waals surface area contributed by atoms with E-state index in [2.05, 4.69) is 0 Å². The van der Waals surface area contributed by atoms with Gasteiger partial charge < -0.3 is 19.7 Å². The van der Waals surface area contributed by atoms with E-state index in [0.717, 1.165) is 0 Å². The normalized spacial score (nSPS) is 34.6. The summed E-state index contributed by atoms with van der Waals surface area (Å²) in [5, 5.41) is 19.2. The van der Waals surface area contributed by atoms with Gasteiger partial charge in [0.1, 0.15) is 12.2 Å². The fourth-order valence-corrected chi connectivity index (χ4v) is 2.01. The molecule has 0 aromatic heterocycles. The molecule has 1 saturated heterocycles. The SMILES string of the molecule is CC(=O)OC1CCC(O)C(O)CC(=O)OC(C)C1. The molecule has 0 spiro atoms. The lowest BCUT2D eigenvalue weighted by Gasteiger charge is -2.26. The molecule has 4 atom stereocenters. The van der Waals surface area contributed by atoms with Crippen LogP contribution in [0.25, 0.3) is 0 Å². The summed E-state index contributed by atoms with van der Waals surface area (Å²) in [7, 11) is 0. The van der Waals surface area contributed by atoms with E-state index < -0.39 is 30.3 Å². The van der Waals surface area contributed by atoms with Crippen molar-refractivity contribution in [3.63, 3.8) is 0 Å². The molecule has 1 aliphatic rings. The Morgan fingerprint density at radius 3 is 2.61 bits per heavy atom. The number of rotatable bonds is 1. The number of aliphatic hydroxyl groups excluding tert-OH is 2. The minimum absolute atomic E-state index is 0.219. The molecule has 1 aliphatic heterocycles. The molecule has 0 radical (unpaired) electrons. The predicted molar refractivity (Wildman–Crippen MR) is 61.6 cm³/mol. The maximum absolute atomic E-state index is 11.4. The first-order valence-electron chi connectivity index (χ1n) is 6.11. The first kappa shape index (κ1) is 14.9. The summed E-state index contributed by atoms with van der Waals surface area (Å²) in [5.41, 5.74) is 0. The van der Waals surface area contributed by atoms with Gasteiger partial charge >= 0.3 is 11.9 Å². The highest BCUT2D eigenvalue weighted by molar-refractivity contribution is 5.70. The number of esters is 2. The van der Waals surface area contributed by atoms with E-state index >= 15 is 0 Å². The Kier molecular flexibility index (Phi) is 5.55. The van der Waals surface area contributed by atoms with Crippen LogP contribution in [-0.2, 0) is 19.1 Å². The Labute approximate surface area is 106 Å². The van der Waals surface area contributed by atoms with Crippen molar-refractivity contribution in [2.45, 2.75) is 63.9 Å². The van der Waals surface area contributed by atoms with Crippen molar-refractivity contribution >= 4 is 11.9 Å². The molecule has 0 aromatic rings. The van der Waals surface area contributed by atoms with E-state index in [9.17, 15) is 19.8 Å². The number of ether oxygens (including phenoxy) is 2. The summed E-state index contributed by atoms with van der Waals surface area (Å²) in [6.07, 6.45) is -2.06. The zero-order valence-electron chi connectivity index (χ0n) is 10.7. The summed E-state index contributed by atoms with van der Waals surface area (Å²) in [6, 6.07) is 0. The lowest BCUT2D eigenvalue weighted by Crippen LogP contribution is -2.34. The molecule has 1 heterocycles. The molecule has 18 heavy (non-hydrogen) atoms. The van der Waals surface area contributed by atoms with Gasteiger partial charge in [-0.3, -0.25) is 9.59 Å². The van der Waals surface area contributed by atoms with E-state index in [1.54, 1.807) is 6.92 Å². The predicted octanol–water partition coefficient (Wildman–Crippen LogP) is 0.146. The number of cyclic esters (lactones) is 1. The monoisotopic (exact) mass is 260 g/mol. The van der Waals surface area contributed by atoms with Gasteiger partial charge in [-0.1, -0.05) is 0 Å². The average molecular weight is 260 g/mol. The van der Waals surface area contributed by atoms with Gasteiger partial charge in [0.05, 0.1) is 18.6 Å². The Bertz CT molecular complexity index is 303. The number of hydrogen-bond acceptors (Lipinski definition) is 6. The van der Waals surface area contributed by atoms with Gasteiger partial charge in [-0.2, -0.15) is 0 Å². The van der Waals surface area contributed by atoms with Crippen LogP contribution in [0.3, 0.4) is 0 Å². The minimum atomic E-state index is -1.14. The topological polar surface area (TPSA) is 93.1 Å². The molecule has 0 bridgehead atoms. The number of carbonyl (C=O) groups is 2. The van der Waals surface area contributed by atoms with Crippen LogP contribution in [0.2, 0.25) is 0 Å². The molecular weight excluding hydrogens is 240 g/mol. The van der Waals surface area contributed by atoms with Crippen molar-refractivity contribution < 1.29 is 29.3 Å². The molecule has 0 amide bonds. The lowest BCUT2D eigenvalue weighted by atomic mass is 9.99. The van der Waals surface area contributed by atoms with Crippen LogP contribution in [0, 0.1) is 0 Å². The molecule has 0 aromatic carbocycles. The van der Waals surface area contributed by atoms with Gasteiger partial charge in [-0.15, -0.1) is 0 Å². The van der Waals surface area contributed by atoms with E-state index in [-0.39, 0.29) is 18.9 Å². The van der Waals surface area contributed by atoms with Crippen LogP contribution >= 0.6 is 0 Å². The highest BCUT2D eigenvalue weighted by atomic mass is 16.6. The summed E-state index contributed by atoms with van der Waals surface area (Å²) in [5.74, 6) is -0.969. The molecular formula is C12H20O6. The van der Waals surface area contributed by atoms with E-state index in [1.807, 2.05) is 0 Å². The van der Waals surface area contributed by atoms with Gasteiger partial charge in [0, 0.05) is 13.3 Å². The summed E-state index contributed by atoms with van der Waals surface area (Å²) < 4.78 is 10.1. The second-order valence-electron chi connectivity index (χ2n) is 4.68. The third-order valence-corrected chi connectivity index (χ3v) is 2.86. The van der Waals surface area contributed by atoms with Crippen molar-refractivity contribution in [3.8, 4) is 0 Å². The molecule has 6 nitrogen and oxygen atoms in total. The van der Waals surface area contributed by atoms with Crippen molar-refractivity contribution in [1.82, 2.24) is 0 Å². The standard InChI is InChI=1S/C12H20O6/c1-7-5-9(18-8(2)13)3-4-10(14)11(15)6-12(16)17-7/h7,9-11,14-15H,3-6H2,1-2H3. The van der Waals surface area contributed by atoms with E-state index in [4.69, 9.17) is 9.47 Å². The number of hydrogen-bond donors (Lipinski definition) is 2. The van der Waals surface area contributed by atoms with Gasteiger partial charge in [-0.25, -0.2) is 0 Å². The van der Waals surface area contributed by atoms with Gasteiger partial charge in [0.15, 0.2) is 0 Å². The van der Waals surface area contributed by atoms with Crippen LogP contribution in [0.15, 0.2) is 0 Å². The zero-order chi connectivity index (χ0) is 13.7. The minimum Gasteiger partial charge on any atom is -0.462 e. The summed E-state index contributed by atoms with van der Waals surface area (Å²) in [6.45, 7) is 3.01. The molecule has 1 rings (SSSR count). The van der Waals surface area contributed by atoms with E-state index in [1.165, 1.54) is 6.92 Å². The van der Waals surface area contributed by atoms with E-state index in [0.29, 0.717) is 12.8 Å². The van der Waals surface area contributed by atoms with Crippen LogP contribution in [-0.4, -0.2) is 46.6 Å². The molecule has 104 valence electrons. The molecule has 6 heteroatoms. The Morgan fingerprint density at radius 1 is 1.33 bits per heavy atom. The first-order chi connectivity index (χ1) is 8.38. The summed E-state index contributed by atoms with van der Waals surface area (Å²) in [4.78, 5) is 22.3. The second-order valence-corrected chi connectivity index (χ2v) is 4.68. The Hall–Kier alpha value is -1.14. The lowest BCUT2D eigenvalue weighted by molar-refractivity contribution is -0.158. The quantitative estimate of drug-likeness (QED) is 0.652. The van der Waals surface area contributed by atoms with Crippen LogP contribution in [0.1, 0.15) is 39.5 Å². The highest BCUT2D eigenvalue weighted by Gasteiger charge is 2.27. The van der Waals surface area contributed by atoms with Crippen molar-refractivity contribution in [1.29, 1.82) is 0 Å². The second kappa shape index (κ2) is 6.70. The third kappa shape index (κ3) is 5.01. The van der Waals surface area contributed by atoms with Crippen molar-refractivity contribution in [2.24, 2.45) is 0 Å². The average Bonchev–Trinajstić information content (AvgIpc) is 2.22. The van der Waals surface area contributed by atoms with Crippen LogP contribution in [0.4, 0.5) is 0 Å². The van der Waals surface area contributed by atoms with Crippen LogP contribution in [0.5, 0.6) is 0 Å². The third-order valence-electron chi connectivity index (χ3n) is 2.86. The van der Waals surface area contributed by atoms with Gasteiger partial charge in [-0.05, 0) is 19.8 Å². The Morgan fingerprint density at radius 2 is 2.00 bits per heavy atom. The maximum atomic E-state index is 11.4. The molecule has 0 saturated carbocycles. The molecule has 0 aliphatic carbocycles. The molecule has 4 unspecified atom stereocenters. The number of aliphatic hydroxyl groups is 2. The zero-order valence-corrected chi connectivity index (χ0v) is 10.7. The first-order valence-corrected chi connectivity index (χ1v) is 6.11. The van der Waals surface area contributed by atoms with Crippen LogP contribution < -0.4 is 0 Å². The largest absolute Gasteiger partial charge is 0.462 e. The molecule has 1 fully saturated rings. The summed E-state index contributed by atoms with van der Waals surface area (Å²) >= 11 is 0. The van der Waals surface area contributed by atoms with Crippen molar-refractivity contribution in [2.75, 3.05) is 0 Å². The highest BCUT2D eigenvalue weighted by Crippen LogP contribution is 2.18. The van der Waals surface area contributed by atoms with Gasteiger partial charge in [0.2, 0.25) is 0 Å². The van der Waals surface area contributed by atoms with Crippen molar-refractivity contribution in [3.05, 3.63) is 0 Å². The van der Waals surface area contributed by atoms with Gasteiger partial charge in [0.25, 0.3) is 0 Å². The number of carbonyl (C=O) groups excluding carboxylic acids is 2.